The molecule has 24 heavy (non-hydrogen) atoms. The van der Waals surface area contributed by atoms with E-state index in [1.54, 1.807) is 0 Å². The Morgan fingerprint density at radius 1 is 0.750 bits per heavy atom. The minimum absolute atomic E-state index is 0.137. The molecule has 4 nitrogen and oxygen atoms in total. The van der Waals surface area contributed by atoms with Crippen molar-refractivity contribution in [1.82, 2.24) is 0 Å². The summed E-state index contributed by atoms with van der Waals surface area (Å²) in [4.78, 5) is 24.8. The fourth-order valence-electron chi connectivity index (χ4n) is 2.82. The first-order chi connectivity index (χ1) is 11.0. The predicted octanol–water partition coefficient (Wildman–Crippen LogP) is 4.75. The lowest BCUT2D eigenvalue weighted by atomic mass is 9.79. The van der Waals surface area contributed by atoms with Gasteiger partial charge in [0.2, 0.25) is 0 Å². The van der Waals surface area contributed by atoms with E-state index in [2.05, 4.69) is 41.5 Å². The van der Waals surface area contributed by atoms with Crippen molar-refractivity contribution in [3.05, 3.63) is 0 Å². The molecule has 0 spiro atoms. The highest BCUT2D eigenvalue weighted by Gasteiger charge is 2.38. The minimum Gasteiger partial charge on any atom is -0.465 e. The Bertz CT molecular complexity index is 374. The van der Waals surface area contributed by atoms with E-state index in [9.17, 15) is 9.59 Å². The van der Waals surface area contributed by atoms with Gasteiger partial charge in [-0.05, 0) is 36.5 Å². The molecule has 0 aliphatic heterocycles. The second kappa shape index (κ2) is 8.87. The van der Waals surface area contributed by atoms with E-state index in [1.165, 1.54) is 0 Å². The lowest BCUT2D eigenvalue weighted by molar-refractivity contribution is -0.163. The highest BCUT2D eigenvalue weighted by Crippen LogP contribution is 2.32. The molecule has 0 saturated heterocycles. The molecule has 2 atom stereocenters. The molecule has 0 N–H and O–H groups in total. The monoisotopic (exact) mass is 340 g/mol. The summed E-state index contributed by atoms with van der Waals surface area (Å²) in [6.07, 6.45) is 5.06. The summed E-state index contributed by atoms with van der Waals surface area (Å²) in [6.45, 7) is 13.6. The maximum Gasteiger partial charge on any atom is 0.309 e. The molecule has 1 fully saturated rings. The van der Waals surface area contributed by atoms with Crippen LogP contribution >= 0.6 is 0 Å². The van der Waals surface area contributed by atoms with Crippen LogP contribution in [0, 0.1) is 22.7 Å². The molecule has 0 bridgehead atoms. The Morgan fingerprint density at radius 2 is 1.08 bits per heavy atom. The van der Waals surface area contributed by atoms with Gasteiger partial charge in [-0.1, -0.05) is 54.4 Å². The van der Waals surface area contributed by atoms with Gasteiger partial charge in [0.05, 0.1) is 25.0 Å². The van der Waals surface area contributed by atoms with Crippen LogP contribution in [0.5, 0.6) is 0 Å². The van der Waals surface area contributed by atoms with Gasteiger partial charge >= 0.3 is 11.9 Å². The Balaban J connectivity index is 2.51. The maximum absolute atomic E-state index is 12.4. The first-order valence-electron chi connectivity index (χ1n) is 9.33. The van der Waals surface area contributed by atoms with Gasteiger partial charge in [0.1, 0.15) is 0 Å². The van der Waals surface area contributed by atoms with E-state index in [4.69, 9.17) is 9.47 Å². The normalized spacial score (nSPS) is 22.1. The van der Waals surface area contributed by atoms with Gasteiger partial charge in [0.25, 0.3) is 0 Å². The maximum atomic E-state index is 12.4. The summed E-state index contributed by atoms with van der Waals surface area (Å²) in [5, 5.41) is 0. The molecular formula is C20H36O4. The van der Waals surface area contributed by atoms with E-state index in [-0.39, 0.29) is 34.6 Å². The van der Waals surface area contributed by atoms with Crippen molar-refractivity contribution < 1.29 is 19.1 Å². The number of hydrogen-bond acceptors (Lipinski definition) is 4. The van der Waals surface area contributed by atoms with Gasteiger partial charge in [0.15, 0.2) is 0 Å². The second-order valence-corrected chi connectivity index (χ2v) is 9.45. The minimum atomic E-state index is -0.333. The molecule has 4 heteroatoms. The lowest BCUT2D eigenvalue weighted by Crippen LogP contribution is -2.35. The van der Waals surface area contributed by atoms with Crippen LogP contribution in [0.2, 0.25) is 0 Å². The van der Waals surface area contributed by atoms with Crippen molar-refractivity contribution in [1.29, 1.82) is 0 Å². The molecule has 1 saturated carbocycles. The average molecular weight is 341 g/mol. The standard InChI is InChI=1S/C20H36O4/c1-19(2,3)11-13-23-17(21)15-9-7-8-10-16(15)18(22)24-14-12-20(4,5)6/h15-16H,7-14H2,1-6H3. The number of rotatable bonds is 6. The molecule has 0 heterocycles. The van der Waals surface area contributed by atoms with Crippen LogP contribution < -0.4 is 0 Å². The Kier molecular flexibility index (Phi) is 7.75. The van der Waals surface area contributed by atoms with Gasteiger partial charge < -0.3 is 9.47 Å². The third-order valence-corrected chi connectivity index (χ3v) is 4.56. The quantitative estimate of drug-likeness (QED) is 0.655. The van der Waals surface area contributed by atoms with E-state index in [0.717, 1.165) is 38.5 Å². The summed E-state index contributed by atoms with van der Waals surface area (Å²) in [5.41, 5.74) is 0.274. The molecule has 0 radical (unpaired) electrons. The van der Waals surface area contributed by atoms with E-state index >= 15 is 0 Å². The van der Waals surface area contributed by atoms with Crippen molar-refractivity contribution >= 4 is 11.9 Å². The van der Waals surface area contributed by atoms with Crippen molar-refractivity contribution in [2.24, 2.45) is 22.7 Å². The number of ether oxygens (including phenoxy) is 2. The first-order valence-corrected chi connectivity index (χ1v) is 9.33. The Morgan fingerprint density at radius 3 is 1.38 bits per heavy atom. The number of carbonyl (C=O) groups excluding carboxylic acids is 2. The van der Waals surface area contributed by atoms with Crippen LogP contribution in [-0.4, -0.2) is 25.2 Å². The Hall–Kier alpha value is -1.06. The predicted molar refractivity (Wildman–Crippen MR) is 95.5 cm³/mol. The molecule has 0 aromatic carbocycles. The third-order valence-electron chi connectivity index (χ3n) is 4.56. The van der Waals surface area contributed by atoms with Crippen LogP contribution in [0.15, 0.2) is 0 Å². The summed E-state index contributed by atoms with van der Waals surface area (Å²) in [7, 11) is 0. The fraction of sp³-hybridized carbons (Fsp3) is 0.900. The molecule has 1 rings (SSSR count). The number of esters is 2. The van der Waals surface area contributed by atoms with Crippen LogP contribution in [0.3, 0.4) is 0 Å². The van der Waals surface area contributed by atoms with Crippen molar-refractivity contribution in [3.63, 3.8) is 0 Å². The molecule has 0 aromatic heterocycles. The number of hydrogen-bond donors (Lipinski definition) is 0. The van der Waals surface area contributed by atoms with Gasteiger partial charge in [-0.3, -0.25) is 9.59 Å². The number of carbonyl (C=O) groups is 2. The zero-order valence-corrected chi connectivity index (χ0v) is 16.4. The zero-order valence-electron chi connectivity index (χ0n) is 16.4. The van der Waals surface area contributed by atoms with Crippen LogP contribution in [0.4, 0.5) is 0 Å². The summed E-state index contributed by atoms with van der Waals surface area (Å²) in [6, 6.07) is 0. The Labute approximate surface area is 147 Å². The molecular weight excluding hydrogens is 304 g/mol. The highest BCUT2D eigenvalue weighted by atomic mass is 16.5. The van der Waals surface area contributed by atoms with Gasteiger partial charge in [0, 0.05) is 0 Å². The molecule has 2 unspecified atom stereocenters. The van der Waals surface area contributed by atoms with Crippen LogP contribution in [-0.2, 0) is 19.1 Å². The highest BCUT2D eigenvalue weighted by molar-refractivity contribution is 5.82. The van der Waals surface area contributed by atoms with Gasteiger partial charge in [-0.25, -0.2) is 0 Å². The summed E-state index contributed by atoms with van der Waals surface area (Å²) >= 11 is 0. The summed E-state index contributed by atoms with van der Waals surface area (Å²) in [5.74, 6) is -1.12. The largest absolute Gasteiger partial charge is 0.465 e. The van der Waals surface area contributed by atoms with Crippen molar-refractivity contribution in [2.75, 3.05) is 13.2 Å². The third kappa shape index (κ3) is 8.16. The van der Waals surface area contributed by atoms with E-state index in [0.29, 0.717) is 13.2 Å². The SMILES string of the molecule is CC(C)(C)CCOC(=O)C1CCCCC1C(=O)OCCC(C)(C)C. The molecule has 1 aliphatic carbocycles. The molecule has 1 aliphatic rings. The lowest BCUT2D eigenvalue weighted by Gasteiger charge is -2.29. The first kappa shape index (κ1) is 21.0. The van der Waals surface area contributed by atoms with Gasteiger partial charge in [-0.15, -0.1) is 0 Å². The van der Waals surface area contributed by atoms with Crippen molar-refractivity contribution in [3.8, 4) is 0 Å². The van der Waals surface area contributed by atoms with Crippen molar-refractivity contribution in [2.45, 2.75) is 80.1 Å². The summed E-state index contributed by atoms with van der Waals surface area (Å²) < 4.78 is 10.9. The van der Waals surface area contributed by atoms with E-state index < -0.39 is 0 Å². The molecule has 0 amide bonds. The van der Waals surface area contributed by atoms with Crippen LogP contribution in [0.25, 0.3) is 0 Å². The smallest absolute Gasteiger partial charge is 0.309 e. The molecule has 140 valence electrons. The average Bonchev–Trinajstić information content (AvgIpc) is 2.44. The van der Waals surface area contributed by atoms with Gasteiger partial charge in [-0.2, -0.15) is 0 Å². The topological polar surface area (TPSA) is 52.6 Å². The fourth-order valence-corrected chi connectivity index (χ4v) is 2.82. The molecule has 0 aromatic rings. The zero-order chi connectivity index (χ0) is 18.4. The van der Waals surface area contributed by atoms with Crippen LogP contribution in [0.1, 0.15) is 80.1 Å². The van der Waals surface area contributed by atoms with E-state index in [1.807, 2.05) is 0 Å². The second-order valence-electron chi connectivity index (χ2n) is 9.45.